The van der Waals surface area contributed by atoms with Crippen molar-refractivity contribution in [1.29, 1.82) is 0 Å². The predicted octanol–water partition coefficient (Wildman–Crippen LogP) is 2.88. The largest absolute Gasteiger partial charge is 0.399 e. The van der Waals surface area contributed by atoms with Gasteiger partial charge < -0.3 is 11.1 Å². The molecule has 0 aliphatic rings. The van der Waals surface area contributed by atoms with E-state index in [1.807, 2.05) is 19.9 Å². The van der Waals surface area contributed by atoms with Crippen LogP contribution in [0.15, 0.2) is 29.0 Å². The number of nitrogens with two attached hydrogens (primary N) is 1. The highest BCUT2D eigenvalue weighted by atomic mass is 32.1. The van der Waals surface area contributed by atoms with Crippen molar-refractivity contribution in [2.45, 2.75) is 20.4 Å². The van der Waals surface area contributed by atoms with Crippen molar-refractivity contribution in [3.05, 3.63) is 51.2 Å². The van der Waals surface area contributed by atoms with Gasteiger partial charge >= 0.3 is 0 Å². The van der Waals surface area contributed by atoms with Crippen molar-refractivity contribution in [3.8, 4) is 0 Å². The Labute approximate surface area is 111 Å². The SMILES string of the molecule is Cc1cscc1CNC(=O)c1cc(N)ccc1C. The number of thiophene rings is 1. The van der Waals surface area contributed by atoms with Gasteiger partial charge in [0, 0.05) is 17.8 Å². The van der Waals surface area contributed by atoms with E-state index in [1.54, 1.807) is 23.5 Å². The summed E-state index contributed by atoms with van der Waals surface area (Å²) in [6.07, 6.45) is 0. The van der Waals surface area contributed by atoms with Crippen LogP contribution in [0.3, 0.4) is 0 Å². The van der Waals surface area contributed by atoms with Crippen LogP contribution in [-0.2, 0) is 6.54 Å². The van der Waals surface area contributed by atoms with Crippen LogP contribution < -0.4 is 11.1 Å². The van der Waals surface area contributed by atoms with E-state index in [0.29, 0.717) is 17.8 Å². The Kier molecular flexibility index (Phi) is 3.67. The van der Waals surface area contributed by atoms with Crippen molar-refractivity contribution in [2.75, 3.05) is 5.73 Å². The zero-order valence-electron chi connectivity index (χ0n) is 10.5. The lowest BCUT2D eigenvalue weighted by atomic mass is 10.1. The molecule has 0 saturated heterocycles. The summed E-state index contributed by atoms with van der Waals surface area (Å²) in [4.78, 5) is 12.1. The summed E-state index contributed by atoms with van der Waals surface area (Å²) in [6, 6.07) is 5.38. The molecule has 2 rings (SSSR count). The Morgan fingerprint density at radius 1 is 1.28 bits per heavy atom. The van der Waals surface area contributed by atoms with Crippen molar-refractivity contribution in [2.24, 2.45) is 0 Å². The van der Waals surface area contributed by atoms with Gasteiger partial charge in [0.1, 0.15) is 0 Å². The van der Waals surface area contributed by atoms with E-state index in [2.05, 4.69) is 16.1 Å². The maximum absolute atomic E-state index is 12.1. The number of aryl methyl sites for hydroxylation is 2. The zero-order valence-corrected chi connectivity index (χ0v) is 11.3. The number of carbonyl (C=O) groups excluding carboxylic acids is 1. The molecule has 0 radical (unpaired) electrons. The molecule has 3 nitrogen and oxygen atoms in total. The summed E-state index contributed by atoms with van der Waals surface area (Å²) in [5.41, 5.74) is 10.3. The Bertz CT molecular complexity index is 575. The summed E-state index contributed by atoms with van der Waals surface area (Å²) in [7, 11) is 0. The molecule has 0 unspecified atom stereocenters. The first-order valence-electron chi connectivity index (χ1n) is 5.74. The van der Waals surface area contributed by atoms with Crippen LogP contribution in [0.2, 0.25) is 0 Å². The molecule has 18 heavy (non-hydrogen) atoms. The molecule has 4 heteroatoms. The number of rotatable bonds is 3. The standard InChI is InChI=1S/C14H16N2OS/c1-9-3-4-12(15)5-13(9)14(17)16-6-11-8-18-7-10(11)2/h3-5,7-8H,6,15H2,1-2H3,(H,16,17). The maximum Gasteiger partial charge on any atom is 0.251 e. The van der Waals surface area contributed by atoms with Gasteiger partial charge in [-0.3, -0.25) is 4.79 Å². The molecule has 94 valence electrons. The Hall–Kier alpha value is -1.81. The average Bonchev–Trinajstić information content (AvgIpc) is 2.75. The minimum absolute atomic E-state index is 0.0783. The molecule has 0 fully saturated rings. The fourth-order valence-corrected chi connectivity index (χ4v) is 2.58. The third-order valence-corrected chi connectivity index (χ3v) is 3.82. The monoisotopic (exact) mass is 260 g/mol. The van der Waals surface area contributed by atoms with Gasteiger partial charge in [-0.1, -0.05) is 6.07 Å². The highest BCUT2D eigenvalue weighted by molar-refractivity contribution is 7.08. The number of anilines is 1. The van der Waals surface area contributed by atoms with Crippen LogP contribution in [-0.4, -0.2) is 5.91 Å². The normalized spacial score (nSPS) is 10.3. The van der Waals surface area contributed by atoms with Gasteiger partial charge in [0.2, 0.25) is 0 Å². The van der Waals surface area contributed by atoms with Crippen LogP contribution in [0.5, 0.6) is 0 Å². The van der Waals surface area contributed by atoms with E-state index < -0.39 is 0 Å². The van der Waals surface area contributed by atoms with Gasteiger partial charge in [-0.15, -0.1) is 0 Å². The molecular formula is C14H16N2OS. The number of amides is 1. The zero-order chi connectivity index (χ0) is 13.1. The van der Waals surface area contributed by atoms with E-state index >= 15 is 0 Å². The number of hydrogen-bond acceptors (Lipinski definition) is 3. The second-order valence-electron chi connectivity index (χ2n) is 4.34. The number of benzene rings is 1. The van der Waals surface area contributed by atoms with Crippen LogP contribution in [0, 0.1) is 13.8 Å². The minimum Gasteiger partial charge on any atom is -0.399 e. The van der Waals surface area contributed by atoms with Crippen molar-refractivity contribution in [3.63, 3.8) is 0 Å². The molecule has 1 heterocycles. The van der Waals surface area contributed by atoms with E-state index in [4.69, 9.17) is 5.73 Å². The molecule has 0 aliphatic heterocycles. The van der Waals surface area contributed by atoms with Gasteiger partial charge in [0.25, 0.3) is 5.91 Å². The fraction of sp³-hybridized carbons (Fsp3) is 0.214. The first-order chi connectivity index (χ1) is 8.58. The molecule has 0 spiro atoms. The topological polar surface area (TPSA) is 55.1 Å². The van der Waals surface area contributed by atoms with Gasteiger partial charge in [-0.25, -0.2) is 0 Å². The van der Waals surface area contributed by atoms with E-state index in [9.17, 15) is 4.79 Å². The number of nitrogen functional groups attached to an aromatic ring is 1. The molecule has 1 amide bonds. The maximum atomic E-state index is 12.1. The van der Waals surface area contributed by atoms with Crippen LogP contribution >= 0.6 is 11.3 Å². The van der Waals surface area contributed by atoms with Crippen LogP contribution in [0.4, 0.5) is 5.69 Å². The Morgan fingerprint density at radius 3 is 2.72 bits per heavy atom. The van der Waals surface area contributed by atoms with Crippen LogP contribution in [0.1, 0.15) is 27.0 Å². The first-order valence-corrected chi connectivity index (χ1v) is 6.68. The molecule has 1 aromatic carbocycles. The molecule has 0 saturated carbocycles. The van der Waals surface area contributed by atoms with Crippen molar-refractivity contribution < 1.29 is 4.79 Å². The molecule has 1 aromatic heterocycles. The summed E-state index contributed by atoms with van der Waals surface area (Å²) in [5.74, 6) is -0.0783. The first kappa shape index (κ1) is 12.6. The molecule has 0 atom stereocenters. The average molecular weight is 260 g/mol. The van der Waals surface area contributed by atoms with E-state index in [-0.39, 0.29) is 5.91 Å². The third-order valence-electron chi connectivity index (χ3n) is 2.91. The number of carbonyl (C=O) groups is 1. The minimum atomic E-state index is -0.0783. The lowest BCUT2D eigenvalue weighted by Crippen LogP contribution is -2.23. The fourth-order valence-electron chi connectivity index (χ4n) is 1.72. The highest BCUT2D eigenvalue weighted by Crippen LogP contribution is 2.15. The van der Waals surface area contributed by atoms with E-state index in [0.717, 1.165) is 11.1 Å². The van der Waals surface area contributed by atoms with Crippen molar-refractivity contribution in [1.82, 2.24) is 5.32 Å². The summed E-state index contributed by atoms with van der Waals surface area (Å²) in [5, 5.41) is 7.06. The second kappa shape index (κ2) is 5.23. The summed E-state index contributed by atoms with van der Waals surface area (Å²) in [6.45, 7) is 4.51. The molecule has 3 N–H and O–H groups in total. The van der Waals surface area contributed by atoms with Gasteiger partial charge in [0.15, 0.2) is 0 Å². The smallest absolute Gasteiger partial charge is 0.251 e. The molecule has 0 bridgehead atoms. The van der Waals surface area contributed by atoms with Gasteiger partial charge in [-0.2, -0.15) is 11.3 Å². The Balaban J connectivity index is 2.08. The van der Waals surface area contributed by atoms with Crippen LogP contribution in [0.25, 0.3) is 0 Å². The predicted molar refractivity (Wildman–Crippen MR) is 75.8 cm³/mol. The molecule has 0 aliphatic carbocycles. The van der Waals surface area contributed by atoms with Gasteiger partial charge in [0.05, 0.1) is 0 Å². The van der Waals surface area contributed by atoms with Gasteiger partial charge in [-0.05, 0) is 53.4 Å². The number of nitrogens with one attached hydrogen (secondary N) is 1. The molecular weight excluding hydrogens is 244 g/mol. The van der Waals surface area contributed by atoms with E-state index in [1.165, 1.54) is 5.56 Å². The quantitative estimate of drug-likeness (QED) is 0.834. The molecule has 2 aromatic rings. The summed E-state index contributed by atoms with van der Waals surface area (Å²) >= 11 is 1.65. The highest BCUT2D eigenvalue weighted by Gasteiger charge is 2.09. The Morgan fingerprint density at radius 2 is 2.06 bits per heavy atom. The third kappa shape index (κ3) is 2.71. The number of hydrogen-bond donors (Lipinski definition) is 2. The lowest BCUT2D eigenvalue weighted by Gasteiger charge is -2.08. The second-order valence-corrected chi connectivity index (χ2v) is 5.08. The summed E-state index contributed by atoms with van der Waals surface area (Å²) < 4.78 is 0. The van der Waals surface area contributed by atoms with Crippen molar-refractivity contribution >= 4 is 22.9 Å². The lowest BCUT2D eigenvalue weighted by molar-refractivity contribution is 0.0950.